The molecule has 10 nitrogen and oxygen atoms in total. The first-order valence-electron chi connectivity index (χ1n) is 12.9. The first-order chi connectivity index (χ1) is 18.7. The summed E-state index contributed by atoms with van der Waals surface area (Å²) < 4.78 is 11.4. The Kier molecular flexibility index (Phi) is 8.53. The van der Waals surface area contributed by atoms with Gasteiger partial charge in [0.25, 0.3) is 5.91 Å². The number of carbonyl (C=O) groups excluding carboxylic acids is 1. The third-order valence-corrected chi connectivity index (χ3v) is 6.62. The number of hydrogen-bond acceptors (Lipinski definition) is 7. The van der Waals surface area contributed by atoms with Gasteiger partial charge in [0.2, 0.25) is 5.88 Å². The zero-order valence-electron chi connectivity index (χ0n) is 22.7. The third-order valence-electron chi connectivity index (χ3n) is 6.62. The molecule has 0 unspecified atom stereocenters. The number of hydrogen-bond donors (Lipinski definition) is 3. The highest BCUT2D eigenvalue weighted by Gasteiger charge is 2.30. The van der Waals surface area contributed by atoms with Crippen molar-refractivity contribution in [2.45, 2.75) is 51.6 Å². The van der Waals surface area contributed by atoms with Crippen LogP contribution in [0.2, 0.25) is 0 Å². The molecule has 1 aliphatic heterocycles. The largest absolute Gasteiger partial charge is 0.491 e. The van der Waals surface area contributed by atoms with Crippen LogP contribution in [-0.2, 0) is 12.0 Å². The summed E-state index contributed by atoms with van der Waals surface area (Å²) in [5.41, 5.74) is 2.65. The number of benzene rings is 1. The second kappa shape index (κ2) is 12.0. The number of ether oxygens (including phenoxy) is 2. The van der Waals surface area contributed by atoms with Crippen LogP contribution in [0.3, 0.4) is 0 Å². The van der Waals surface area contributed by atoms with E-state index in [9.17, 15) is 14.7 Å². The molecule has 1 aromatic carbocycles. The van der Waals surface area contributed by atoms with E-state index in [2.05, 4.69) is 41.4 Å². The first-order valence-corrected chi connectivity index (χ1v) is 12.9. The van der Waals surface area contributed by atoms with Crippen LogP contribution in [0.15, 0.2) is 54.9 Å². The van der Waals surface area contributed by atoms with Crippen LogP contribution < -0.4 is 20.1 Å². The number of carbonyl (C=O) groups is 2. The molecule has 2 aromatic heterocycles. The highest BCUT2D eigenvalue weighted by Crippen LogP contribution is 2.34. The molecule has 0 aliphatic carbocycles. The minimum atomic E-state index is -0.929. The van der Waals surface area contributed by atoms with E-state index >= 15 is 0 Å². The Hall–Kier alpha value is -4.34. The quantitative estimate of drug-likeness (QED) is 0.344. The molecule has 0 radical (unpaired) electrons. The normalized spacial score (nSPS) is 15.1. The van der Waals surface area contributed by atoms with Gasteiger partial charge in [-0.1, -0.05) is 26.8 Å². The summed E-state index contributed by atoms with van der Waals surface area (Å²) in [7, 11) is 1.56. The van der Waals surface area contributed by atoms with E-state index in [1.807, 2.05) is 24.3 Å². The lowest BCUT2D eigenvalue weighted by molar-refractivity contribution is 0.102. The molecule has 1 aliphatic rings. The number of anilines is 2. The fraction of sp³-hybridized carbons (Fsp3) is 0.379. The van der Waals surface area contributed by atoms with Crippen LogP contribution in [0.1, 0.15) is 55.1 Å². The Morgan fingerprint density at radius 1 is 1.13 bits per heavy atom. The van der Waals surface area contributed by atoms with E-state index in [0.29, 0.717) is 41.8 Å². The van der Waals surface area contributed by atoms with E-state index in [1.54, 1.807) is 37.7 Å². The number of rotatable bonds is 9. The van der Waals surface area contributed by atoms with Gasteiger partial charge in [-0.25, -0.2) is 14.8 Å². The molecule has 0 spiro atoms. The lowest BCUT2D eigenvalue weighted by Gasteiger charge is -2.26. The average Bonchev–Trinajstić information content (AvgIpc) is 3.39. The summed E-state index contributed by atoms with van der Waals surface area (Å²) in [5, 5.41) is 15.6. The van der Waals surface area contributed by atoms with Crippen LogP contribution >= 0.6 is 0 Å². The Bertz CT molecular complexity index is 1320. The smallest absolute Gasteiger partial charge is 0.407 e. The molecule has 3 heterocycles. The van der Waals surface area contributed by atoms with Crippen molar-refractivity contribution in [1.29, 1.82) is 0 Å². The fourth-order valence-electron chi connectivity index (χ4n) is 4.57. The maximum absolute atomic E-state index is 13.3. The summed E-state index contributed by atoms with van der Waals surface area (Å²) in [5.74, 6) is 1.26. The lowest BCUT2D eigenvalue weighted by Crippen LogP contribution is -2.38. The number of pyridine rings is 2. The van der Waals surface area contributed by atoms with E-state index < -0.39 is 6.09 Å². The lowest BCUT2D eigenvalue weighted by atomic mass is 9.86. The van der Waals surface area contributed by atoms with Gasteiger partial charge in [0, 0.05) is 43.3 Å². The topological polar surface area (TPSA) is 126 Å². The average molecular weight is 534 g/mol. The Labute approximate surface area is 228 Å². The Morgan fingerprint density at radius 3 is 2.69 bits per heavy atom. The van der Waals surface area contributed by atoms with Crippen molar-refractivity contribution in [3.05, 3.63) is 71.5 Å². The summed E-state index contributed by atoms with van der Waals surface area (Å²) in [6, 6.07) is 12.5. The van der Waals surface area contributed by atoms with Gasteiger partial charge in [-0.2, -0.15) is 0 Å². The molecule has 2 amide bonds. The summed E-state index contributed by atoms with van der Waals surface area (Å²) in [4.78, 5) is 34.7. The second-order valence-corrected chi connectivity index (χ2v) is 10.5. The van der Waals surface area contributed by atoms with Crippen molar-refractivity contribution in [2.24, 2.45) is 0 Å². The standard InChI is InChI=1S/C29H35N5O5/c1-29(2,3)23-10-9-20(16-24(23)39-18-21-7-6-14-34(21)28(36)37)33-27(35)22-8-5-12-31-26(22)32-17-19-11-13-30-25(15-19)38-4/h5,8-13,15-16,21H,6-7,14,17-18H2,1-4H3,(H,31,32)(H,33,35)(H,36,37)/t21-/m0/s1. The highest BCUT2D eigenvalue weighted by molar-refractivity contribution is 6.07. The minimum Gasteiger partial charge on any atom is -0.491 e. The first kappa shape index (κ1) is 27.7. The van der Waals surface area contributed by atoms with Crippen LogP contribution in [0.5, 0.6) is 11.6 Å². The Morgan fingerprint density at radius 2 is 1.95 bits per heavy atom. The van der Waals surface area contributed by atoms with Crippen LogP contribution in [0.4, 0.5) is 16.3 Å². The van der Waals surface area contributed by atoms with E-state index in [1.165, 1.54) is 4.90 Å². The van der Waals surface area contributed by atoms with Gasteiger partial charge < -0.3 is 30.1 Å². The van der Waals surface area contributed by atoms with Crippen molar-refractivity contribution in [1.82, 2.24) is 14.9 Å². The molecule has 4 rings (SSSR count). The highest BCUT2D eigenvalue weighted by atomic mass is 16.5. The zero-order chi connectivity index (χ0) is 28.0. The molecule has 39 heavy (non-hydrogen) atoms. The van der Waals surface area contributed by atoms with E-state index in [0.717, 1.165) is 24.0 Å². The molecular formula is C29H35N5O5. The molecule has 3 aromatic rings. The number of methoxy groups -OCH3 is 1. The molecule has 1 saturated heterocycles. The number of amides is 2. The third kappa shape index (κ3) is 6.95. The number of likely N-dealkylation sites (tertiary alicyclic amines) is 1. The van der Waals surface area contributed by atoms with E-state index in [4.69, 9.17) is 9.47 Å². The van der Waals surface area contributed by atoms with Gasteiger partial charge in [-0.15, -0.1) is 0 Å². The summed E-state index contributed by atoms with van der Waals surface area (Å²) in [6.07, 6.45) is 3.94. The van der Waals surface area contributed by atoms with Gasteiger partial charge in [0.15, 0.2) is 0 Å². The maximum atomic E-state index is 13.3. The summed E-state index contributed by atoms with van der Waals surface area (Å²) >= 11 is 0. The minimum absolute atomic E-state index is 0.196. The zero-order valence-corrected chi connectivity index (χ0v) is 22.7. The van der Waals surface area contributed by atoms with Gasteiger partial charge >= 0.3 is 6.09 Å². The van der Waals surface area contributed by atoms with Crippen LogP contribution in [0.25, 0.3) is 0 Å². The molecule has 0 saturated carbocycles. The van der Waals surface area contributed by atoms with Crippen molar-refractivity contribution in [3.8, 4) is 11.6 Å². The van der Waals surface area contributed by atoms with Gasteiger partial charge in [-0.05, 0) is 53.6 Å². The molecule has 3 N–H and O–H groups in total. The number of carboxylic acid groups (broad SMARTS) is 1. The van der Waals surface area contributed by atoms with Crippen molar-refractivity contribution < 1.29 is 24.2 Å². The molecule has 206 valence electrons. The molecule has 1 fully saturated rings. The maximum Gasteiger partial charge on any atom is 0.407 e. The van der Waals surface area contributed by atoms with E-state index in [-0.39, 0.29) is 24.0 Å². The number of nitrogens with one attached hydrogen (secondary N) is 2. The molecule has 10 heteroatoms. The van der Waals surface area contributed by atoms with Gasteiger partial charge in [0.1, 0.15) is 18.2 Å². The number of nitrogens with zero attached hydrogens (tertiary/aromatic N) is 3. The molecule has 1 atom stereocenters. The Balaban J connectivity index is 1.50. The van der Waals surface area contributed by atoms with Gasteiger partial charge in [0.05, 0.1) is 18.7 Å². The monoisotopic (exact) mass is 533 g/mol. The molecule has 0 bridgehead atoms. The second-order valence-electron chi connectivity index (χ2n) is 10.5. The van der Waals surface area contributed by atoms with Crippen molar-refractivity contribution >= 4 is 23.5 Å². The molecular weight excluding hydrogens is 498 g/mol. The SMILES string of the molecule is COc1cc(CNc2ncccc2C(=O)Nc2ccc(C(C)(C)C)c(OC[C@@H]3CCCN3C(=O)O)c2)ccn1. The number of aromatic nitrogens is 2. The fourth-order valence-corrected chi connectivity index (χ4v) is 4.57. The summed E-state index contributed by atoms with van der Waals surface area (Å²) in [6.45, 7) is 7.45. The van der Waals surface area contributed by atoms with Crippen molar-refractivity contribution in [3.63, 3.8) is 0 Å². The van der Waals surface area contributed by atoms with Crippen molar-refractivity contribution in [2.75, 3.05) is 30.9 Å². The van der Waals surface area contributed by atoms with Crippen LogP contribution in [-0.4, -0.2) is 58.3 Å². The van der Waals surface area contributed by atoms with Crippen LogP contribution in [0, 0.1) is 0 Å². The predicted molar refractivity (Wildman–Crippen MR) is 149 cm³/mol. The van der Waals surface area contributed by atoms with Gasteiger partial charge in [-0.3, -0.25) is 4.79 Å². The predicted octanol–water partition coefficient (Wildman–Crippen LogP) is 5.17.